The van der Waals surface area contributed by atoms with Gasteiger partial charge in [0.05, 0.1) is 0 Å². The second-order valence-corrected chi connectivity index (χ2v) is 13.0. The molecule has 0 fully saturated rings. The van der Waals surface area contributed by atoms with Crippen LogP contribution in [-0.2, 0) is 9.53 Å². The van der Waals surface area contributed by atoms with Gasteiger partial charge in [-0.05, 0) is 38.4 Å². The smallest absolute Gasteiger partial charge is 0.306 e. The fraction of sp³-hybridized carbons (Fsp3) is 0.892. The van der Waals surface area contributed by atoms with Gasteiger partial charge in [-0.3, -0.25) is 9.59 Å². The first kappa shape index (κ1) is 41.0. The van der Waals surface area contributed by atoms with Gasteiger partial charge in [0.25, 0.3) is 5.24 Å². The van der Waals surface area contributed by atoms with E-state index in [1.807, 2.05) is 12.3 Å². The van der Waals surface area contributed by atoms with E-state index < -0.39 is 0 Å². The van der Waals surface area contributed by atoms with E-state index in [0.29, 0.717) is 13.0 Å². The fourth-order valence-corrected chi connectivity index (χ4v) is 5.91. The number of nitrogens with zero attached hydrogens (tertiary/aromatic N) is 1. The maximum absolute atomic E-state index is 12.4. The van der Waals surface area contributed by atoms with Crippen molar-refractivity contribution in [3.8, 4) is 0 Å². The van der Waals surface area contributed by atoms with Crippen molar-refractivity contribution in [1.82, 2.24) is 4.90 Å². The molecule has 0 spiro atoms. The molecule has 4 nitrogen and oxygen atoms in total. The Morgan fingerprint density at radius 2 is 0.952 bits per heavy atom. The van der Waals surface area contributed by atoms with Crippen molar-refractivity contribution in [2.75, 3.05) is 26.0 Å². The zero-order valence-electron chi connectivity index (χ0n) is 28.4. The number of esters is 1. The monoisotopic (exact) mass is 610 g/mol. The molecule has 0 bridgehead atoms. The summed E-state index contributed by atoms with van der Waals surface area (Å²) in [5, 5.41) is 0.216. The summed E-state index contributed by atoms with van der Waals surface area (Å²) in [6, 6.07) is 0. The van der Waals surface area contributed by atoms with Gasteiger partial charge in [0.2, 0.25) is 0 Å². The van der Waals surface area contributed by atoms with Crippen LogP contribution in [0.1, 0.15) is 187 Å². The Bertz CT molecular complexity index is 610. The van der Waals surface area contributed by atoms with E-state index in [1.54, 1.807) is 0 Å². The van der Waals surface area contributed by atoms with Crippen LogP contribution < -0.4 is 0 Å². The van der Waals surface area contributed by atoms with Crippen LogP contribution in [-0.4, -0.2) is 42.1 Å². The van der Waals surface area contributed by atoms with Crippen molar-refractivity contribution in [3.63, 3.8) is 0 Å². The van der Waals surface area contributed by atoms with E-state index >= 15 is 0 Å². The van der Waals surface area contributed by atoms with Gasteiger partial charge in [-0.2, -0.15) is 0 Å². The third-order valence-electron chi connectivity index (χ3n) is 8.25. The molecule has 0 unspecified atom stereocenters. The summed E-state index contributed by atoms with van der Waals surface area (Å²) >= 11 is 1.34. The largest absolute Gasteiger partial charge is 0.461 e. The van der Waals surface area contributed by atoms with E-state index in [1.165, 1.54) is 134 Å². The average Bonchev–Trinajstić information content (AvgIpc) is 3.00. The number of hydrogen-bond acceptors (Lipinski definition) is 4. The van der Waals surface area contributed by atoms with Gasteiger partial charge in [0.1, 0.15) is 6.61 Å². The highest BCUT2D eigenvalue weighted by Crippen LogP contribution is 2.15. The van der Waals surface area contributed by atoms with Gasteiger partial charge >= 0.3 is 5.97 Å². The van der Waals surface area contributed by atoms with Gasteiger partial charge in [0, 0.05) is 19.5 Å². The minimum Gasteiger partial charge on any atom is -0.461 e. The summed E-state index contributed by atoms with van der Waals surface area (Å²) in [4.78, 5) is 26.3. The first-order valence-electron chi connectivity index (χ1n) is 18.3. The minimum atomic E-state index is -0.0822. The van der Waals surface area contributed by atoms with Gasteiger partial charge in [-0.1, -0.05) is 173 Å². The van der Waals surface area contributed by atoms with Crippen LogP contribution in [0.15, 0.2) is 12.2 Å². The second kappa shape index (κ2) is 34.5. The number of hydrogen-bond donors (Lipinski definition) is 0. The summed E-state index contributed by atoms with van der Waals surface area (Å²) < 4.78 is 5.30. The Morgan fingerprint density at radius 1 is 0.548 bits per heavy atom. The van der Waals surface area contributed by atoms with E-state index in [9.17, 15) is 9.59 Å². The van der Waals surface area contributed by atoms with Crippen LogP contribution in [0.2, 0.25) is 0 Å². The molecule has 0 aliphatic carbocycles. The molecule has 0 rings (SSSR count). The molecular weight excluding hydrogens is 538 g/mol. The van der Waals surface area contributed by atoms with Gasteiger partial charge < -0.3 is 9.64 Å². The molecule has 0 saturated heterocycles. The third kappa shape index (κ3) is 30.5. The van der Waals surface area contributed by atoms with Crippen molar-refractivity contribution in [2.24, 2.45) is 0 Å². The number of unbranched alkanes of at least 4 members (excludes halogenated alkanes) is 23. The fourth-order valence-electron chi connectivity index (χ4n) is 5.46. The molecule has 0 aliphatic heterocycles. The molecule has 0 atom stereocenters. The maximum Gasteiger partial charge on any atom is 0.306 e. The molecule has 0 saturated carbocycles. The molecular formula is C37H71NO3S. The molecule has 0 aromatic heterocycles. The predicted octanol–water partition coefficient (Wildman–Crippen LogP) is 12.4. The Morgan fingerprint density at radius 3 is 1.40 bits per heavy atom. The first-order chi connectivity index (χ1) is 20.7. The number of ether oxygens (including phenoxy) is 1. The topological polar surface area (TPSA) is 46.6 Å². The van der Waals surface area contributed by atoms with Gasteiger partial charge in [-0.25, -0.2) is 0 Å². The van der Waals surface area contributed by atoms with Crippen LogP contribution in [0.3, 0.4) is 0 Å². The summed E-state index contributed by atoms with van der Waals surface area (Å²) in [5.74, 6) is -0.0822. The van der Waals surface area contributed by atoms with E-state index in [-0.39, 0.29) is 11.2 Å². The third-order valence-corrected chi connectivity index (χ3v) is 8.86. The highest BCUT2D eigenvalue weighted by atomic mass is 32.2. The Labute approximate surface area is 267 Å². The summed E-state index contributed by atoms with van der Waals surface area (Å²) in [7, 11) is 0. The highest BCUT2D eigenvalue weighted by molar-refractivity contribution is 8.12. The zero-order chi connectivity index (χ0) is 30.8. The molecule has 0 aromatic carbocycles. The zero-order valence-corrected chi connectivity index (χ0v) is 29.3. The quantitative estimate of drug-likeness (QED) is 0.0432. The minimum absolute atomic E-state index is 0.0822. The van der Waals surface area contributed by atoms with Crippen molar-refractivity contribution in [2.45, 2.75) is 187 Å². The molecule has 0 radical (unpaired) electrons. The molecule has 0 aliphatic rings. The number of thioether (sulfide) groups is 1. The first-order valence-corrected chi connectivity index (χ1v) is 19.5. The molecule has 248 valence electrons. The van der Waals surface area contributed by atoms with Gasteiger partial charge in [-0.15, -0.1) is 0 Å². The standard InChI is InChI=1S/C37H71NO3S/c1-4-6-8-10-12-13-14-15-16-17-18-19-20-21-25-29-33-38(37(40)42-3)34-30-26-23-24-28-32-36(39)41-35-31-27-22-11-9-7-5-2/h27,31H,4-26,28-30,32-35H2,1-3H3/b31-27-. The van der Waals surface area contributed by atoms with Crippen molar-refractivity contribution in [3.05, 3.63) is 12.2 Å². The maximum atomic E-state index is 12.4. The number of allylic oxidation sites excluding steroid dienone is 1. The highest BCUT2D eigenvalue weighted by Gasteiger charge is 2.11. The summed E-state index contributed by atoms with van der Waals surface area (Å²) in [5.41, 5.74) is 0. The Hall–Kier alpha value is -0.970. The van der Waals surface area contributed by atoms with Crippen LogP contribution in [0.4, 0.5) is 4.79 Å². The molecule has 0 heterocycles. The van der Waals surface area contributed by atoms with Crippen LogP contribution >= 0.6 is 11.8 Å². The molecule has 0 aromatic rings. The summed E-state index contributed by atoms with van der Waals surface area (Å²) in [6.07, 6.45) is 39.9. The number of amides is 1. The summed E-state index contributed by atoms with van der Waals surface area (Å²) in [6.45, 7) is 6.68. The average molecular weight is 610 g/mol. The Balaban J connectivity index is 3.61. The molecule has 1 amide bonds. The molecule has 42 heavy (non-hydrogen) atoms. The lowest BCUT2D eigenvalue weighted by Crippen LogP contribution is -2.29. The second-order valence-electron chi connectivity index (χ2n) is 12.3. The lowest BCUT2D eigenvalue weighted by Gasteiger charge is -2.21. The SMILES string of the molecule is CCCCCC/C=C\COC(=O)CCCCCCCN(CCCCCCCCCCCCCCCCCC)C(=O)SC. The van der Waals surface area contributed by atoms with Crippen molar-refractivity contribution >= 4 is 23.0 Å². The Kier molecular flexibility index (Phi) is 33.7. The predicted molar refractivity (Wildman–Crippen MR) is 187 cm³/mol. The van der Waals surface area contributed by atoms with Crippen molar-refractivity contribution < 1.29 is 14.3 Å². The van der Waals surface area contributed by atoms with Crippen LogP contribution in [0.25, 0.3) is 0 Å². The number of carbonyl (C=O) groups is 2. The van der Waals surface area contributed by atoms with Gasteiger partial charge in [0.15, 0.2) is 0 Å². The number of carbonyl (C=O) groups excluding carboxylic acids is 2. The van der Waals surface area contributed by atoms with E-state index in [4.69, 9.17) is 4.74 Å². The van der Waals surface area contributed by atoms with Crippen LogP contribution in [0, 0.1) is 0 Å². The lowest BCUT2D eigenvalue weighted by molar-refractivity contribution is -0.142. The van der Waals surface area contributed by atoms with Crippen LogP contribution in [0.5, 0.6) is 0 Å². The van der Waals surface area contributed by atoms with Crippen molar-refractivity contribution in [1.29, 1.82) is 0 Å². The van der Waals surface area contributed by atoms with E-state index in [0.717, 1.165) is 58.0 Å². The molecule has 0 N–H and O–H groups in total. The van der Waals surface area contributed by atoms with E-state index in [2.05, 4.69) is 24.8 Å². The molecule has 5 heteroatoms. The lowest BCUT2D eigenvalue weighted by atomic mass is 10.0. The normalized spacial score (nSPS) is 11.4. The number of rotatable bonds is 32.